The molecule has 0 atom stereocenters. The Kier molecular flexibility index (Phi) is 14.0. The fourth-order valence-electron chi connectivity index (χ4n) is 1.68. The molecule has 5 heteroatoms. The van der Waals surface area contributed by atoms with Gasteiger partial charge in [0.2, 0.25) is 0 Å². The highest BCUT2D eigenvalue weighted by Crippen LogP contribution is 2.05. The van der Waals surface area contributed by atoms with Crippen molar-refractivity contribution >= 4 is 5.96 Å². The van der Waals surface area contributed by atoms with Gasteiger partial charge in [-0.3, -0.25) is 4.99 Å². The number of hydrogen-bond acceptors (Lipinski definition) is 3. The van der Waals surface area contributed by atoms with Crippen LogP contribution in [0.3, 0.4) is 0 Å². The van der Waals surface area contributed by atoms with Gasteiger partial charge in [0.25, 0.3) is 0 Å². The molecule has 5 nitrogen and oxygen atoms in total. The molecule has 0 radical (unpaired) electrons. The highest BCUT2D eigenvalue weighted by Gasteiger charge is 1.97. The quantitative estimate of drug-likeness (QED) is 0.328. The Labute approximate surface area is 124 Å². The van der Waals surface area contributed by atoms with Crippen LogP contribution in [0.4, 0.5) is 0 Å². The van der Waals surface area contributed by atoms with Crippen molar-refractivity contribution in [2.45, 2.75) is 40.0 Å². The zero-order chi connectivity index (χ0) is 15.1. The summed E-state index contributed by atoms with van der Waals surface area (Å²) in [7, 11) is 1.68. The van der Waals surface area contributed by atoms with Crippen molar-refractivity contribution in [3.63, 3.8) is 0 Å². The summed E-state index contributed by atoms with van der Waals surface area (Å²) >= 11 is 0. The third-order valence-corrected chi connectivity index (χ3v) is 2.77. The largest absolute Gasteiger partial charge is 0.382 e. The third-order valence-electron chi connectivity index (χ3n) is 2.77. The number of unbranched alkanes of at least 4 members (excludes halogenated alkanes) is 1. The van der Waals surface area contributed by atoms with Crippen molar-refractivity contribution in [3.8, 4) is 0 Å². The Morgan fingerprint density at radius 2 is 1.90 bits per heavy atom. The minimum Gasteiger partial charge on any atom is -0.382 e. The number of hydrogen-bond donors (Lipinski definition) is 2. The van der Waals surface area contributed by atoms with Gasteiger partial charge in [-0.2, -0.15) is 0 Å². The molecule has 0 heterocycles. The predicted molar refractivity (Wildman–Crippen MR) is 85.4 cm³/mol. The minimum absolute atomic E-state index is 0.640. The van der Waals surface area contributed by atoms with Gasteiger partial charge in [0, 0.05) is 26.7 Å². The number of aliphatic imine (C=N–C) groups is 1. The standard InChI is InChI=1S/C15H33N3O2/c1-5-16-15(17-9-7-6-8-14(2)3)18-10-11-20-13-12-19-4/h14H,5-13H2,1-4H3,(H2,16,17,18). The van der Waals surface area contributed by atoms with Crippen molar-refractivity contribution in [2.24, 2.45) is 10.9 Å². The van der Waals surface area contributed by atoms with Crippen LogP contribution in [0.1, 0.15) is 40.0 Å². The molecule has 0 spiro atoms. The van der Waals surface area contributed by atoms with Gasteiger partial charge in [0.15, 0.2) is 5.96 Å². The molecule has 0 aliphatic heterocycles. The fourth-order valence-corrected chi connectivity index (χ4v) is 1.68. The van der Waals surface area contributed by atoms with E-state index in [1.54, 1.807) is 7.11 Å². The van der Waals surface area contributed by atoms with Crippen molar-refractivity contribution in [2.75, 3.05) is 46.6 Å². The Hall–Kier alpha value is -0.810. The van der Waals surface area contributed by atoms with Crippen LogP contribution in [0, 0.1) is 5.92 Å². The molecule has 0 aliphatic carbocycles. The molecule has 20 heavy (non-hydrogen) atoms. The maximum absolute atomic E-state index is 5.40. The Morgan fingerprint density at radius 3 is 2.55 bits per heavy atom. The Morgan fingerprint density at radius 1 is 1.10 bits per heavy atom. The first-order valence-corrected chi connectivity index (χ1v) is 7.79. The van der Waals surface area contributed by atoms with Crippen LogP contribution in [-0.2, 0) is 9.47 Å². The second-order valence-electron chi connectivity index (χ2n) is 5.18. The van der Waals surface area contributed by atoms with E-state index in [-0.39, 0.29) is 0 Å². The summed E-state index contributed by atoms with van der Waals surface area (Å²) in [6, 6.07) is 0. The highest BCUT2D eigenvalue weighted by molar-refractivity contribution is 5.79. The van der Waals surface area contributed by atoms with Gasteiger partial charge in [-0.05, 0) is 19.3 Å². The van der Waals surface area contributed by atoms with E-state index in [0.29, 0.717) is 19.8 Å². The summed E-state index contributed by atoms with van der Waals surface area (Å²) in [5.74, 6) is 1.67. The number of methoxy groups -OCH3 is 1. The van der Waals surface area contributed by atoms with E-state index >= 15 is 0 Å². The van der Waals surface area contributed by atoms with Gasteiger partial charge < -0.3 is 20.1 Å². The number of guanidine groups is 1. The van der Waals surface area contributed by atoms with Gasteiger partial charge in [0.05, 0.1) is 19.8 Å². The maximum Gasteiger partial charge on any atom is 0.191 e. The zero-order valence-corrected chi connectivity index (χ0v) is 13.7. The maximum atomic E-state index is 5.40. The van der Waals surface area contributed by atoms with Crippen LogP contribution in [0.2, 0.25) is 0 Å². The van der Waals surface area contributed by atoms with Crippen LogP contribution in [0.15, 0.2) is 4.99 Å². The molecule has 2 N–H and O–H groups in total. The average molecular weight is 287 g/mol. The molecule has 0 aromatic carbocycles. The first-order chi connectivity index (χ1) is 9.70. The van der Waals surface area contributed by atoms with E-state index in [2.05, 4.69) is 36.4 Å². The Balaban J connectivity index is 3.67. The average Bonchev–Trinajstić information content (AvgIpc) is 2.41. The molecule has 0 saturated carbocycles. The normalized spacial score (nSPS) is 11.9. The van der Waals surface area contributed by atoms with Gasteiger partial charge in [-0.15, -0.1) is 0 Å². The van der Waals surface area contributed by atoms with E-state index in [1.807, 2.05) is 0 Å². The monoisotopic (exact) mass is 287 g/mol. The molecule has 0 unspecified atom stereocenters. The molecule has 120 valence electrons. The number of nitrogens with one attached hydrogen (secondary N) is 2. The number of nitrogens with zero attached hydrogens (tertiary/aromatic N) is 1. The zero-order valence-electron chi connectivity index (χ0n) is 13.7. The lowest BCUT2D eigenvalue weighted by Crippen LogP contribution is -2.39. The van der Waals surface area contributed by atoms with Gasteiger partial charge in [0.1, 0.15) is 0 Å². The van der Waals surface area contributed by atoms with Crippen LogP contribution >= 0.6 is 0 Å². The lowest BCUT2D eigenvalue weighted by Gasteiger charge is -2.11. The van der Waals surface area contributed by atoms with Crippen molar-refractivity contribution in [3.05, 3.63) is 0 Å². The highest BCUT2D eigenvalue weighted by atomic mass is 16.5. The molecular formula is C15H33N3O2. The lowest BCUT2D eigenvalue weighted by atomic mass is 10.1. The fraction of sp³-hybridized carbons (Fsp3) is 0.933. The molecule has 0 aromatic rings. The lowest BCUT2D eigenvalue weighted by molar-refractivity contribution is 0.0733. The van der Waals surface area contributed by atoms with Crippen molar-refractivity contribution < 1.29 is 9.47 Å². The van der Waals surface area contributed by atoms with Crippen LogP contribution in [0.25, 0.3) is 0 Å². The van der Waals surface area contributed by atoms with Crippen LogP contribution in [0.5, 0.6) is 0 Å². The summed E-state index contributed by atoms with van der Waals surface area (Å²) in [6.45, 7) is 11.1. The number of ether oxygens (including phenoxy) is 2. The predicted octanol–water partition coefficient (Wildman–Crippen LogP) is 2.03. The molecule has 0 amide bonds. The van der Waals surface area contributed by atoms with E-state index in [4.69, 9.17) is 9.47 Å². The molecule has 0 fully saturated rings. The molecule has 0 aliphatic rings. The van der Waals surface area contributed by atoms with E-state index < -0.39 is 0 Å². The first kappa shape index (κ1) is 19.2. The second-order valence-corrected chi connectivity index (χ2v) is 5.18. The number of rotatable bonds is 12. The van der Waals surface area contributed by atoms with Gasteiger partial charge >= 0.3 is 0 Å². The van der Waals surface area contributed by atoms with Crippen molar-refractivity contribution in [1.82, 2.24) is 10.6 Å². The molecular weight excluding hydrogens is 254 g/mol. The SMILES string of the molecule is CCNC(=NCCCCC(C)C)NCCOCCOC. The van der Waals surface area contributed by atoms with Crippen LogP contribution in [-0.4, -0.2) is 52.5 Å². The molecule has 0 aromatic heterocycles. The smallest absolute Gasteiger partial charge is 0.191 e. The van der Waals surface area contributed by atoms with E-state index in [9.17, 15) is 0 Å². The minimum atomic E-state index is 0.640. The van der Waals surface area contributed by atoms with Crippen LogP contribution < -0.4 is 10.6 Å². The molecule has 0 saturated heterocycles. The first-order valence-electron chi connectivity index (χ1n) is 7.79. The third kappa shape index (κ3) is 13.6. The molecule has 0 rings (SSSR count). The van der Waals surface area contributed by atoms with Gasteiger partial charge in [-0.1, -0.05) is 26.7 Å². The summed E-state index contributed by atoms with van der Waals surface area (Å²) in [5, 5.41) is 6.51. The Bertz CT molecular complexity index is 233. The summed E-state index contributed by atoms with van der Waals surface area (Å²) in [4.78, 5) is 4.56. The van der Waals surface area contributed by atoms with E-state index in [0.717, 1.165) is 37.9 Å². The molecule has 0 bridgehead atoms. The van der Waals surface area contributed by atoms with Gasteiger partial charge in [-0.25, -0.2) is 0 Å². The summed E-state index contributed by atoms with van der Waals surface area (Å²) in [6.07, 6.45) is 3.69. The summed E-state index contributed by atoms with van der Waals surface area (Å²) < 4.78 is 10.3. The van der Waals surface area contributed by atoms with E-state index in [1.165, 1.54) is 12.8 Å². The van der Waals surface area contributed by atoms with Crippen molar-refractivity contribution in [1.29, 1.82) is 0 Å². The second kappa shape index (κ2) is 14.6. The summed E-state index contributed by atoms with van der Waals surface area (Å²) in [5.41, 5.74) is 0. The topological polar surface area (TPSA) is 54.9 Å².